The van der Waals surface area contributed by atoms with E-state index in [2.05, 4.69) is 5.32 Å². The van der Waals surface area contributed by atoms with E-state index in [4.69, 9.17) is 17.3 Å². The number of nitrogens with one attached hydrogen (secondary N) is 1. The van der Waals surface area contributed by atoms with Crippen molar-refractivity contribution in [2.24, 2.45) is 11.7 Å². The van der Waals surface area contributed by atoms with Crippen LogP contribution >= 0.6 is 35.8 Å². The zero-order chi connectivity index (χ0) is 13.8. The third kappa shape index (κ3) is 5.17. The van der Waals surface area contributed by atoms with Crippen molar-refractivity contribution in [3.63, 3.8) is 0 Å². The average molecular weight is 335 g/mol. The summed E-state index contributed by atoms with van der Waals surface area (Å²) in [6.07, 6.45) is 2.36. The fourth-order valence-corrected chi connectivity index (χ4v) is 2.94. The van der Waals surface area contributed by atoms with E-state index in [9.17, 15) is 4.79 Å². The van der Waals surface area contributed by atoms with Gasteiger partial charge in [0, 0.05) is 22.5 Å². The Bertz CT molecular complexity index is 437. The summed E-state index contributed by atoms with van der Waals surface area (Å²) >= 11 is 7.37. The molecule has 1 amide bonds. The summed E-state index contributed by atoms with van der Waals surface area (Å²) in [6, 6.07) is 7.67. The smallest absolute Gasteiger partial charge is 0.233 e. The van der Waals surface area contributed by atoms with Gasteiger partial charge in [-0.1, -0.05) is 11.6 Å². The number of hydrogen-bond donors (Lipinski definition) is 2. The van der Waals surface area contributed by atoms with Gasteiger partial charge >= 0.3 is 0 Å². The van der Waals surface area contributed by atoms with Gasteiger partial charge < -0.3 is 11.1 Å². The first-order chi connectivity index (χ1) is 9.10. The lowest BCUT2D eigenvalue weighted by atomic mass is 10.2. The molecule has 20 heavy (non-hydrogen) atoms. The molecule has 112 valence electrons. The van der Waals surface area contributed by atoms with Gasteiger partial charge in [-0.05, 0) is 49.9 Å². The third-order valence-corrected chi connectivity index (χ3v) is 4.63. The van der Waals surface area contributed by atoms with Crippen LogP contribution in [0.1, 0.15) is 19.8 Å². The van der Waals surface area contributed by atoms with Gasteiger partial charge in [-0.15, -0.1) is 24.2 Å². The van der Waals surface area contributed by atoms with Crippen LogP contribution in [0.4, 0.5) is 0 Å². The van der Waals surface area contributed by atoms with E-state index in [-0.39, 0.29) is 29.6 Å². The molecule has 0 aliphatic heterocycles. The van der Waals surface area contributed by atoms with Gasteiger partial charge in [-0.3, -0.25) is 4.79 Å². The van der Waals surface area contributed by atoms with Crippen LogP contribution in [0.5, 0.6) is 0 Å². The van der Waals surface area contributed by atoms with Crippen molar-refractivity contribution in [2.45, 2.75) is 36.0 Å². The summed E-state index contributed by atoms with van der Waals surface area (Å²) in [5.74, 6) is 0.643. The number of amides is 1. The Labute approximate surface area is 135 Å². The number of halogens is 2. The molecule has 1 fully saturated rings. The number of carbonyl (C=O) groups is 1. The summed E-state index contributed by atoms with van der Waals surface area (Å²) in [6.45, 7) is 2.43. The van der Waals surface area contributed by atoms with Crippen molar-refractivity contribution >= 4 is 41.7 Å². The third-order valence-electron chi connectivity index (χ3n) is 3.27. The highest BCUT2D eigenvalue weighted by Gasteiger charge is 2.32. The number of rotatable bonds is 6. The summed E-state index contributed by atoms with van der Waals surface area (Å²) in [7, 11) is 0. The van der Waals surface area contributed by atoms with Gasteiger partial charge in [-0.25, -0.2) is 0 Å². The minimum absolute atomic E-state index is 0. The highest BCUT2D eigenvalue weighted by molar-refractivity contribution is 8.00. The molecule has 0 bridgehead atoms. The van der Waals surface area contributed by atoms with E-state index in [1.54, 1.807) is 0 Å². The second kappa shape index (κ2) is 8.13. The molecule has 0 spiro atoms. The van der Waals surface area contributed by atoms with E-state index in [1.807, 2.05) is 31.2 Å². The fraction of sp³-hybridized carbons (Fsp3) is 0.500. The number of thioether (sulfide) groups is 1. The van der Waals surface area contributed by atoms with Crippen molar-refractivity contribution in [3.8, 4) is 0 Å². The molecule has 3 nitrogen and oxygen atoms in total. The van der Waals surface area contributed by atoms with Crippen molar-refractivity contribution in [3.05, 3.63) is 29.3 Å². The molecule has 2 unspecified atom stereocenters. The average Bonchev–Trinajstić information content (AvgIpc) is 3.22. The summed E-state index contributed by atoms with van der Waals surface area (Å²) in [4.78, 5) is 13.1. The van der Waals surface area contributed by atoms with Crippen LogP contribution in [0, 0.1) is 5.92 Å². The molecule has 1 saturated carbocycles. The Kier molecular flexibility index (Phi) is 7.17. The largest absolute Gasteiger partial charge is 0.351 e. The number of nitrogens with two attached hydrogens (primary N) is 1. The van der Waals surface area contributed by atoms with Crippen LogP contribution in [0.3, 0.4) is 0 Å². The standard InChI is InChI=1S/C14H19ClN2OS.ClH/c1-9(19-12-6-4-11(15)5-7-12)14(18)17-13(8-16)10-2-3-10;/h4-7,9-10,13H,2-3,8,16H2,1H3,(H,17,18);1H. The maximum absolute atomic E-state index is 12.1. The van der Waals surface area contributed by atoms with Crippen LogP contribution in [0.2, 0.25) is 5.02 Å². The molecule has 3 N–H and O–H groups in total. The second-order valence-corrected chi connectivity index (χ2v) is 6.75. The molecule has 2 rings (SSSR count). The Morgan fingerprint density at radius 3 is 2.55 bits per heavy atom. The van der Waals surface area contributed by atoms with Gasteiger partial charge in [0.1, 0.15) is 0 Å². The Hall–Kier alpha value is -0.420. The predicted octanol–water partition coefficient (Wildman–Crippen LogP) is 3.10. The normalized spacial score (nSPS) is 16.9. The Morgan fingerprint density at radius 2 is 2.05 bits per heavy atom. The van der Waals surface area contributed by atoms with Crippen molar-refractivity contribution in [2.75, 3.05) is 6.54 Å². The number of carbonyl (C=O) groups excluding carboxylic acids is 1. The molecule has 1 aliphatic carbocycles. The van der Waals surface area contributed by atoms with Crippen LogP contribution < -0.4 is 11.1 Å². The van der Waals surface area contributed by atoms with E-state index < -0.39 is 0 Å². The lowest BCUT2D eigenvalue weighted by molar-refractivity contribution is -0.121. The first-order valence-corrected chi connectivity index (χ1v) is 7.78. The fourth-order valence-electron chi connectivity index (χ4n) is 1.94. The molecule has 0 aromatic heterocycles. The van der Waals surface area contributed by atoms with Crippen molar-refractivity contribution in [1.29, 1.82) is 0 Å². The molecule has 0 heterocycles. The van der Waals surface area contributed by atoms with Crippen LogP contribution in [-0.4, -0.2) is 23.7 Å². The summed E-state index contributed by atoms with van der Waals surface area (Å²) in [5.41, 5.74) is 5.70. The van der Waals surface area contributed by atoms with Gasteiger partial charge in [0.15, 0.2) is 0 Å². The molecule has 6 heteroatoms. The quantitative estimate of drug-likeness (QED) is 0.786. The van der Waals surface area contributed by atoms with Gasteiger partial charge in [0.2, 0.25) is 5.91 Å². The zero-order valence-electron chi connectivity index (χ0n) is 11.3. The zero-order valence-corrected chi connectivity index (χ0v) is 13.7. The van der Waals surface area contributed by atoms with Crippen molar-refractivity contribution in [1.82, 2.24) is 5.32 Å². The Morgan fingerprint density at radius 1 is 1.45 bits per heavy atom. The molecule has 0 saturated heterocycles. The second-order valence-electron chi connectivity index (χ2n) is 4.90. The minimum Gasteiger partial charge on any atom is -0.351 e. The highest BCUT2D eigenvalue weighted by Crippen LogP contribution is 2.32. The first kappa shape index (κ1) is 17.6. The minimum atomic E-state index is -0.131. The van der Waals surface area contributed by atoms with E-state index >= 15 is 0 Å². The van der Waals surface area contributed by atoms with Gasteiger partial charge in [-0.2, -0.15) is 0 Å². The number of hydrogen-bond acceptors (Lipinski definition) is 3. The maximum Gasteiger partial charge on any atom is 0.233 e. The van der Waals surface area contributed by atoms with Crippen LogP contribution in [-0.2, 0) is 4.79 Å². The van der Waals surface area contributed by atoms with Crippen LogP contribution in [0.25, 0.3) is 0 Å². The predicted molar refractivity (Wildman–Crippen MR) is 87.7 cm³/mol. The maximum atomic E-state index is 12.1. The van der Waals surface area contributed by atoms with Crippen molar-refractivity contribution < 1.29 is 4.79 Å². The SMILES string of the molecule is CC(Sc1ccc(Cl)cc1)C(=O)NC(CN)C1CC1.Cl. The first-order valence-electron chi connectivity index (χ1n) is 6.53. The Balaban J connectivity index is 0.00000200. The van der Waals surface area contributed by atoms with Crippen LogP contribution in [0.15, 0.2) is 29.2 Å². The lowest BCUT2D eigenvalue weighted by Gasteiger charge is -2.19. The van der Waals surface area contributed by atoms with E-state index in [0.29, 0.717) is 17.5 Å². The van der Waals surface area contributed by atoms with Gasteiger partial charge in [0.05, 0.1) is 5.25 Å². The molecular weight excluding hydrogens is 315 g/mol. The summed E-state index contributed by atoms with van der Waals surface area (Å²) in [5, 5.41) is 3.63. The molecule has 0 radical (unpaired) electrons. The molecule has 1 aliphatic rings. The number of benzene rings is 1. The molecular formula is C14H20Cl2N2OS. The topological polar surface area (TPSA) is 55.1 Å². The molecule has 1 aromatic rings. The van der Waals surface area contributed by atoms with Gasteiger partial charge in [0.25, 0.3) is 0 Å². The monoisotopic (exact) mass is 334 g/mol. The van der Waals surface area contributed by atoms with E-state index in [1.165, 1.54) is 24.6 Å². The highest BCUT2D eigenvalue weighted by atomic mass is 35.5. The summed E-state index contributed by atoms with van der Waals surface area (Å²) < 4.78 is 0. The lowest BCUT2D eigenvalue weighted by Crippen LogP contribution is -2.44. The molecule has 2 atom stereocenters. The molecule has 1 aromatic carbocycles. The van der Waals surface area contributed by atoms with E-state index in [0.717, 1.165) is 4.90 Å².